The van der Waals surface area contributed by atoms with Crippen molar-refractivity contribution < 1.29 is 18.3 Å². The molecule has 1 aromatic carbocycles. The molecule has 2 heterocycles. The Labute approximate surface area is 195 Å². The van der Waals surface area contributed by atoms with Crippen molar-refractivity contribution in [2.45, 2.75) is 52.1 Å². The minimum Gasteiger partial charge on any atom is -0.371 e. The van der Waals surface area contributed by atoms with Gasteiger partial charge in [0.2, 0.25) is 5.91 Å². The number of azo groups is 1. The van der Waals surface area contributed by atoms with E-state index in [1.54, 1.807) is 6.08 Å². The maximum atomic E-state index is 14.3. The van der Waals surface area contributed by atoms with E-state index >= 15 is 0 Å². The van der Waals surface area contributed by atoms with Crippen LogP contribution in [0, 0.1) is 29.4 Å². The van der Waals surface area contributed by atoms with Gasteiger partial charge in [0.1, 0.15) is 17.2 Å². The summed E-state index contributed by atoms with van der Waals surface area (Å²) >= 11 is 0. The zero-order valence-electron chi connectivity index (χ0n) is 20.1. The summed E-state index contributed by atoms with van der Waals surface area (Å²) in [6.45, 7) is 12.5. The first-order valence-corrected chi connectivity index (χ1v) is 11.7. The third-order valence-corrected chi connectivity index (χ3v) is 6.82. The molecule has 2 aliphatic rings. The topological polar surface area (TPSA) is 54.3 Å². The normalized spacial score (nSPS) is 19.8. The van der Waals surface area contributed by atoms with E-state index < -0.39 is 11.6 Å². The summed E-state index contributed by atoms with van der Waals surface area (Å²) in [6.07, 6.45) is 5.16. The highest BCUT2D eigenvalue weighted by Crippen LogP contribution is 2.37. The summed E-state index contributed by atoms with van der Waals surface area (Å²) in [4.78, 5) is 14.8. The van der Waals surface area contributed by atoms with Gasteiger partial charge in [-0.2, -0.15) is 10.2 Å². The van der Waals surface area contributed by atoms with Crippen LogP contribution in [0.25, 0.3) is 5.70 Å². The number of carbonyl (C=O) groups is 1. The van der Waals surface area contributed by atoms with Gasteiger partial charge in [-0.25, -0.2) is 8.78 Å². The van der Waals surface area contributed by atoms with Crippen molar-refractivity contribution in [1.29, 1.82) is 0 Å². The Morgan fingerprint density at radius 2 is 1.91 bits per heavy atom. The SMILES string of the molecule is C=C(/C=C(\N=NC)c1c(F)cccc1F)[C@@H](CCC(C)C(=O)N1CC2(CCCO2)C1)C(C)C. The standard InChI is InChI=1S/C26H35F2N3O2/c1-17(2)20(11-10-18(3)25(32)31-15-26(16-31)12-7-13-33-26)19(4)14-23(30-29-5)24-21(27)8-6-9-22(24)28/h6,8-9,14,17-18,20H,4,7,10-13,15-16H2,1-3,5H3/b23-14-,30-29?/t18?,20-/m0/s1. The van der Waals surface area contributed by atoms with Gasteiger partial charge in [0.25, 0.3) is 0 Å². The monoisotopic (exact) mass is 459 g/mol. The number of rotatable bonds is 9. The highest BCUT2D eigenvalue weighted by molar-refractivity contribution is 5.79. The summed E-state index contributed by atoms with van der Waals surface area (Å²) in [7, 11) is 1.46. The van der Waals surface area contributed by atoms with E-state index in [1.807, 2.05) is 11.8 Å². The van der Waals surface area contributed by atoms with E-state index in [1.165, 1.54) is 25.2 Å². The summed E-state index contributed by atoms with van der Waals surface area (Å²) in [5.41, 5.74) is 0.518. The molecular formula is C26H35F2N3O2. The van der Waals surface area contributed by atoms with Crippen LogP contribution < -0.4 is 0 Å². The van der Waals surface area contributed by atoms with Crippen LogP contribution in [-0.2, 0) is 9.53 Å². The Morgan fingerprint density at radius 3 is 2.45 bits per heavy atom. The van der Waals surface area contributed by atoms with Crippen molar-refractivity contribution in [3.05, 3.63) is 53.6 Å². The fourth-order valence-electron chi connectivity index (χ4n) is 4.91. The van der Waals surface area contributed by atoms with E-state index in [0.717, 1.165) is 31.4 Å². The number of allylic oxidation sites excluding steroid dienone is 2. The molecule has 1 amide bonds. The predicted octanol–water partition coefficient (Wildman–Crippen LogP) is 6.02. The molecule has 1 aromatic rings. The molecule has 2 fully saturated rings. The summed E-state index contributed by atoms with van der Waals surface area (Å²) in [5.74, 6) is -1.06. The minimum atomic E-state index is -0.694. The van der Waals surface area contributed by atoms with Crippen molar-refractivity contribution >= 4 is 11.6 Å². The van der Waals surface area contributed by atoms with Gasteiger partial charge in [-0.3, -0.25) is 4.79 Å². The summed E-state index contributed by atoms with van der Waals surface area (Å²) in [5, 5.41) is 7.71. The lowest BCUT2D eigenvalue weighted by Gasteiger charge is -2.48. The molecule has 0 saturated carbocycles. The second-order valence-electron chi connectivity index (χ2n) is 9.66. The Balaban J connectivity index is 1.66. The van der Waals surface area contributed by atoms with Crippen molar-refractivity contribution in [2.24, 2.45) is 28.0 Å². The van der Waals surface area contributed by atoms with Crippen LogP contribution >= 0.6 is 0 Å². The van der Waals surface area contributed by atoms with Crippen LogP contribution in [0.5, 0.6) is 0 Å². The van der Waals surface area contributed by atoms with Gasteiger partial charge in [-0.1, -0.05) is 33.4 Å². The molecule has 0 aromatic heterocycles. The lowest BCUT2D eigenvalue weighted by Crippen LogP contribution is -2.63. The van der Waals surface area contributed by atoms with Gasteiger partial charge in [-0.05, 0) is 61.3 Å². The number of nitrogens with zero attached hydrogens (tertiary/aromatic N) is 3. The molecule has 2 atom stereocenters. The maximum Gasteiger partial charge on any atom is 0.225 e. The second-order valence-corrected chi connectivity index (χ2v) is 9.66. The average molecular weight is 460 g/mol. The molecule has 2 saturated heterocycles. The molecule has 180 valence electrons. The number of ether oxygens (including phenoxy) is 1. The summed E-state index contributed by atoms with van der Waals surface area (Å²) < 4.78 is 34.5. The average Bonchev–Trinajstić information content (AvgIpc) is 3.22. The van der Waals surface area contributed by atoms with Crippen LogP contribution in [-0.4, -0.2) is 43.2 Å². The lowest BCUT2D eigenvalue weighted by molar-refractivity contribution is -0.161. The lowest BCUT2D eigenvalue weighted by atomic mass is 9.82. The molecular weight excluding hydrogens is 424 g/mol. The van der Waals surface area contributed by atoms with Crippen molar-refractivity contribution in [2.75, 3.05) is 26.7 Å². The van der Waals surface area contributed by atoms with E-state index in [0.29, 0.717) is 19.5 Å². The minimum absolute atomic E-state index is 0.0399. The molecule has 3 rings (SSSR count). The Morgan fingerprint density at radius 1 is 1.24 bits per heavy atom. The summed E-state index contributed by atoms with van der Waals surface area (Å²) in [6, 6.07) is 3.71. The number of hydrogen-bond donors (Lipinski definition) is 0. The molecule has 0 radical (unpaired) electrons. The maximum absolute atomic E-state index is 14.3. The van der Waals surface area contributed by atoms with Gasteiger partial charge in [0.15, 0.2) is 0 Å². The van der Waals surface area contributed by atoms with Crippen LogP contribution in [0.1, 0.15) is 52.0 Å². The number of benzene rings is 1. The first kappa shape index (κ1) is 25.2. The molecule has 1 spiro atoms. The third-order valence-electron chi connectivity index (χ3n) is 6.82. The molecule has 0 N–H and O–H groups in total. The highest BCUT2D eigenvalue weighted by atomic mass is 19.1. The Kier molecular flexibility index (Phi) is 8.16. The van der Waals surface area contributed by atoms with Gasteiger partial charge < -0.3 is 9.64 Å². The number of halogens is 2. The number of amides is 1. The van der Waals surface area contributed by atoms with Crippen LogP contribution in [0.2, 0.25) is 0 Å². The third kappa shape index (κ3) is 5.75. The fraction of sp³-hybridized carbons (Fsp3) is 0.577. The van der Waals surface area contributed by atoms with E-state index in [9.17, 15) is 13.6 Å². The zero-order valence-corrected chi connectivity index (χ0v) is 20.1. The highest BCUT2D eigenvalue weighted by Gasteiger charge is 2.48. The van der Waals surface area contributed by atoms with E-state index in [2.05, 4.69) is 30.7 Å². The Bertz CT molecular complexity index is 907. The van der Waals surface area contributed by atoms with Gasteiger partial charge in [-0.15, -0.1) is 0 Å². The molecule has 0 bridgehead atoms. The molecule has 5 nitrogen and oxygen atoms in total. The quantitative estimate of drug-likeness (QED) is 0.335. The van der Waals surface area contributed by atoms with Crippen LogP contribution in [0.15, 0.2) is 46.7 Å². The molecule has 1 unspecified atom stereocenters. The molecule has 2 aliphatic heterocycles. The van der Waals surface area contributed by atoms with Gasteiger partial charge >= 0.3 is 0 Å². The second kappa shape index (κ2) is 10.7. The zero-order chi connectivity index (χ0) is 24.2. The molecule has 0 aliphatic carbocycles. The first-order chi connectivity index (χ1) is 15.7. The van der Waals surface area contributed by atoms with Crippen molar-refractivity contribution in [3.8, 4) is 0 Å². The fourth-order valence-corrected chi connectivity index (χ4v) is 4.91. The number of hydrogen-bond acceptors (Lipinski definition) is 4. The van der Waals surface area contributed by atoms with Crippen molar-refractivity contribution in [3.63, 3.8) is 0 Å². The Hall–Kier alpha value is -2.41. The number of likely N-dealkylation sites (tertiary alicyclic amines) is 1. The van der Waals surface area contributed by atoms with Gasteiger partial charge in [0, 0.05) is 19.6 Å². The smallest absolute Gasteiger partial charge is 0.225 e. The predicted molar refractivity (Wildman–Crippen MR) is 125 cm³/mol. The van der Waals surface area contributed by atoms with Gasteiger partial charge in [0.05, 0.1) is 24.4 Å². The van der Waals surface area contributed by atoms with Crippen LogP contribution in [0.3, 0.4) is 0 Å². The largest absolute Gasteiger partial charge is 0.371 e. The number of carbonyl (C=O) groups excluding carboxylic acids is 1. The van der Waals surface area contributed by atoms with E-state index in [4.69, 9.17) is 4.74 Å². The van der Waals surface area contributed by atoms with Crippen molar-refractivity contribution in [1.82, 2.24) is 4.90 Å². The van der Waals surface area contributed by atoms with Crippen LogP contribution in [0.4, 0.5) is 8.78 Å². The first-order valence-electron chi connectivity index (χ1n) is 11.7. The van der Waals surface area contributed by atoms with E-state index in [-0.39, 0.29) is 40.5 Å². The molecule has 33 heavy (non-hydrogen) atoms. The molecule has 7 heteroatoms.